The topological polar surface area (TPSA) is 30.2 Å². The molecule has 0 aliphatic heterocycles. The van der Waals surface area contributed by atoms with Crippen molar-refractivity contribution in [3.05, 3.63) is 65.3 Å². The highest BCUT2D eigenvalue weighted by atomic mass is 32.1. The molecule has 0 saturated heterocycles. The van der Waals surface area contributed by atoms with Crippen molar-refractivity contribution in [3.8, 4) is 22.4 Å². The summed E-state index contributed by atoms with van der Waals surface area (Å²) in [6.45, 7) is 0. The van der Waals surface area contributed by atoms with Crippen molar-refractivity contribution in [3.63, 3.8) is 0 Å². The Morgan fingerprint density at radius 2 is 1.90 bits per heavy atom. The van der Waals surface area contributed by atoms with Crippen LogP contribution in [0.2, 0.25) is 0 Å². The summed E-state index contributed by atoms with van der Waals surface area (Å²) >= 11 is 1.56. The van der Waals surface area contributed by atoms with Crippen LogP contribution in [-0.2, 0) is 6.42 Å². The van der Waals surface area contributed by atoms with Gasteiger partial charge >= 0.3 is 0 Å². The van der Waals surface area contributed by atoms with Gasteiger partial charge in [0.15, 0.2) is 0 Å². The molecule has 2 aromatic heterocycles. The average molecular weight is 289 g/mol. The molecule has 2 heterocycles. The van der Waals surface area contributed by atoms with E-state index in [0.717, 1.165) is 17.1 Å². The van der Waals surface area contributed by atoms with Gasteiger partial charge in [0, 0.05) is 5.56 Å². The molecule has 4 heteroatoms. The second kappa shape index (κ2) is 4.02. The minimum atomic E-state index is 0.939. The van der Waals surface area contributed by atoms with Gasteiger partial charge in [0.05, 0.1) is 11.9 Å². The van der Waals surface area contributed by atoms with Crippen molar-refractivity contribution >= 4 is 16.3 Å². The van der Waals surface area contributed by atoms with E-state index >= 15 is 0 Å². The number of aromatic nitrogens is 3. The summed E-state index contributed by atoms with van der Waals surface area (Å²) in [5.74, 6) is 0. The van der Waals surface area contributed by atoms with Crippen molar-refractivity contribution in [2.75, 3.05) is 0 Å². The van der Waals surface area contributed by atoms with E-state index in [2.05, 4.69) is 52.5 Å². The Labute approximate surface area is 125 Å². The van der Waals surface area contributed by atoms with E-state index in [9.17, 15) is 0 Å². The van der Waals surface area contributed by atoms with E-state index < -0.39 is 0 Å². The maximum atomic E-state index is 4.64. The molecular weight excluding hydrogens is 278 g/mol. The standard InChI is InChI=1S/C17H11N3S/c1-2-4-14-11(3-1)7-13-8-12(5-6-15(13)14)16-9-20-17(19-16)21-10-18-20/h1-6,8-10H,7H2. The number of benzene rings is 2. The van der Waals surface area contributed by atoms with Crippen LogP contribution in [0.15, 0.2) is 54.2 Å². The Balaban J connectivity index is 1.65. The second-order valence-electron chi connectivity index (χ2n) is 5.30. The highest BCUT2D eigenvalue weighted by Gasteiger charge is 2.18. The SMILES string of the molecule is c1ccc2c(c1)Cc1cc(-c3cn4ncsc4n3)ccc1-2. The zero-order chi connectivity index (χ0) is 13.8. The van der Waals surface area contributed by atoms with E-state index in [-0.39, 0.29) is 0 Å². The molecule has 0 atom stereocenters. The third-order valence-electron chi connectivity index (χ3n) is 4.08. The van der Waals surface area contributed by atoms with Gasteiger partial charge in [-0.3, -0.25) is 0 Å². The molecule has 0 saturated carbocycles. The van der Waals surface area contributed by atoms with E-state index in [0.29, 0.717) is 0 Å². The molecule has 0 spiro atoms. The molecule has 100 valence electrons. The van der Waals surface area contributed by atoms with Gasteiger partial charge in [-0.05, 0) is 34.7 Å². The summed E-state index contributed by atoms with van der Waals surface area (Å²) in [7, 11) is 0. The number of fused-ring (bicyclic) bond motifs is 4. The van der Waals surface area contributed by atoms with Crippen molar-refractivity contribution in [2.24, 2.45) is 0 Å². The van der Waals surface area contributed by atoms with E-state index in [1.807, 2.05) is 16.2 Å². The molecule has 0 amide bonds. The predicted molar refractivity (Wildman–Crippen MR) is 84.5 cm³/mol. The third-order valence-corrected chi connectivity index (χ3v) is 4.76. The first kappa shape index (κ1) is 11.2. The van der Waals surface area contributed by atoms with Gasteiger partial charge in [-0.15, -0.1) is 0 Å². The van der Waals surface area contributed by atoms with Crippen LogP contribution < -0.4 is 0 Å². The second-order valence-corrected chi connectivity index (χ2v) is 6.11. The van der Waals surface area contributed by atoms with Gasteiger partial charge in [-0.25, -0.2) is 9.50 Å². The predicted octanol–water partition coefficient (Wildman–Crippen LogP) is 4.03. The van der Waals surface area contributed by atoms with Gasteiger partial charge in [0.2, 0.25) is 4.96 Å². The van der Waals surface area contributed by atoms with E-state index in [1.54, 1.807) is 11.3 Å². The Morgan fingerprint density at radius 3 is 2.86 bits per heavy atom. The van der Waals surface area contributed by atoms with E-state index in [4.69, 9.17) is 0 Å². The number of hydrogen-bond donors (Lipinski definition) is 0. The lowest BCUT2D eigenvalue weighted by atomic mass is 10.0. The summed E-state index contributed by atoms with van der Waals surface area (Å²) in [5.41, 5.74) is 9.49. The Bertz CT molecular complexity index is 952. The van der Waals surface area contributed by atoms with Gasteiger partial charge in [0.1, 0.15) is 5.51 Å². The molecule has 5 rings (SSSR count). The van der Waals surface area contributed by atoms with Crippen LogP contribution in [0, 0.1) is 0 Å². The van der Waals surface area contributed by atoms with Crippen molar-refractivity contribution < 1.29 is 0 Å². The summed E-state index contributed by atoms with van der Waals surface area (Å²) in [6, 6.07) is 15.3. The number of nitrogens with zero attached hydrogens (tertiary/aromatic N) is 3. The molecule has 2 aromatic carbocycles. The molecule has 1 aliphatic carbocycles. The number of rotatable bonds is 1. The van der Waals surface area contributed by atoms with Gasteiger partial charge in [-0.1, -0.05) is 47.7 Å². The van der Waals surface area contributed by atoms with Crippen LogP contribution in [0.25, 0.3) is 27.3 Å². The molecular formula is C17H11N3S. The Kier molecular flexibility index (Phi) is 2.15. The summed E-state index contributed by atoms with van der Waals surface area (Å²) in [5, 5.41) is 4.24. The van der Waals surface area contributed by atoms with Gasteiger partial charge in [0.25, 0.3) is 0 Å². The zero-order valence-electron chi connectivity index (χ0n) is 11.2. The minimum Gasteiger partial charge on any atom is -0.217 e. The molecule has 0 N–H and O–H groups in total. The lowest BCUT2D eigenvalue weighted by molar-refractivity contribution is 0.974. The zero-order valence-corrected chi connectivity index (χ0v) is 12.0. The lowest BCUT2D eigenvalue weighted by Gasteiger charge is -2.03. The maximum absolute atomic E-state index is 4.64. The summed E-state index contributed by atoms with van der Waals surface area (Å²) in [4.78, 5) is 5.58. The van der Waals surface area contributed by atoms with E-state index in [1.165, 1.54) is 27.8 Å². The molecule has 0 fully saturated rings. The molecule has 3 nitrogen and oxygen atoms in total. The molecule has 0 unspecified atom stereocenters. The largest absolute Gasteiger partial charge is 0.217 e. The molecule has 0 radical (unpaired) electrons. The summed E-state index contributed by atoms with van der Waals surface area (Å²) < 4.78 is 1.84. The maximum Gasteiger partial charge on any atom is 0.212 e. The van der Waals surface area contributed by atoms with Crippen molar-refractivity contribution in [1.29, 1.82) is 0 Å². The number of imidazole rings is 1. The third kappa shape index (κ3) is 1.59. The van der Waals surface area contributed by atoms with Crippen LogP contribution in [0.5, 0.6) is 0 Å². The molecule has 4 aromatic rings. The smallest absolute Gasteiger partial charge is 0.212 e. The molecule has 1 aliphatic rings. The first-order chi connectivity index (χ1) is 10.4. The van der Waals surface area contributed by atoms with Gasteiger partial charge < -0.3 is 0 Å². The summed E-state index contributed by atoms with van der Waals surface area (Å²) in [6.07, 6.45) is 3.01. The van der Waals surface area contributed by atoms with Crippen LogP contribution in [0.4, 0.5) is 0 Å². The quantitative estimate of drug-likeness (QED) is 0.466. The highest BCUT2D eigenvalue weighted by Crippen LogP contribution is 2.38. The first-order valence-corrected chi connectivity index (χ1v) is 7.77. The normalized spacial score (nSPS) is 12.6. The fraction of sp³-hybridized carbons (Fsp3) is 0.0588. The monoisotopic (exact) mass is 289 g/mol. The van der Waals surface area contributed by atoms with Gasteiger partial charge in [-0.2, -0.15) is 5.10 Å². The fourth-order valence-corrected chi connectivity index (χ4v) is 3.68. The average Bonchev–Trinajstić information content (AvgIpc) is 3.18. The van der Waals surface area contributed by atoms with Crippen molar-refractivity contribution in [2.45, 2.75) is 6.42 Å². The van der Waals surface area contributed by atoms with Crippen molar-refractivity contribution in [1.82, 2.24) is 14.6 Å². The van der Waals surface area contributed by atoms with Crippen LogP contribution in [-0.4, -0.2) is 14.6 Å². The highest BCUT2D eigenvalue weighted by molar-refractivity contribution is 7.14. The minimum absolute atomic E-state index is 0.939. The number of hydrogen-bond acceptors (Lipinski definition) is 3. The fourth-order valence-electron chi connectivity index (χ4n) is 3.08. The van der Waals surface area contributed by atoms with Crippen LogP contribution in [0.1, 0.15) is 11.1 Å². The lowest BCUT2D eigenvalue weighted by Crippen LogP contribution is -1.84. The first-order valence-electron chi connectivity index (χ1n) is 6.89. The molecule has 21 heavy (non-hydrogen) atoms. The Hall–Kier alpha value is -2.46. The molecule has 0 bridgehead atoms. The van der Waals surface area contributed by atoms with Crippen LogP contribution >= 0.6 is 11.3 Å². The van der Waals surface area contributed by atoms with Crippen LogP contribution in [0.3, 0.4) is 0 Å². The Morgan fingerprint density at radius 1 is 1.00 bits per heavy atom.